The van der Waals surface area contributed by atoms with Gasteiger partial charge in [-0.1, -0.05) is 6.07 Å². The number of carbonyl (C=O) groups is 1. The molecule has 2 heterocycles. The molecule has 170 valence electrons. The molecule has 5 N–H and O–H groups in total. The third kappa shape index (κ3) is 4.55. The number of nitrogens with two attached hydrogens (primary N) is 1. The van der Waals surface area contributed by atoms with Crippen molar-refractivity contribution in [2.24, 2.45) is 11.7 Å². The summed E-state index contributed by atoms with van der Waals surface area (Å²) in [6.07, 6.45) is 5.90. The number of fused-ring (bicyclic) bond motifs is 1. The predicted octanol–water partition coefficient (Wildman–Crippen LogP) is 0.464. The molecule has 9 heteroatoms. The molecule has 2 amide bonds. The molecule has 0 radical (unpaired) electrons. The van der Waals surface area contributed by atoms with E-state index in [9.17, 15) is 9.59 Å². The van der Waals surface area contributed by atoms with E-state index >= 15 is 0 Å². The molecule has 1 aliphatic heterocycles. The van der Waals surface area contributed by atoms with E-state index in [4.69, 9.17) is 5.73 Å². The van der Waals surface area contributed by atoms with Gasteiger partial charge in [-0.2, -0.15) is 4.98 Å². The second kappa shape index (κ2) is 9.01. The Bertz CT molecular complexity index is 1040. The summed E-state index contributed by atoms with van der Waals surface area (Å²) >= 11 is 0. The zero-order chi connectivity index (χ0) is 22.1. The summed E-state index contributed by atoms with van der Waals surface area (Å²) in [6.45, 7) is 3.85. The van der Waals surface area contributed by atoms with Crippen LogP contribution in [0.5, 0.6) is 0 Å². The first-order valence-electron chi connectivity index (χ1n) is 11.5. The molecule has 1 unspecified atom stereocenters. The quantitative estimate of drug-likeness (QED) is 0.540. The van der Waals surface area contributed by atoms with Crippen LogP contribution in [0.3, 0.4) is 0 Å². The minimum absolute atomic E-state index is 0.226. The van der Waals surface area contributed by atoms with Crippen molar-refractivity contribution in [3.05, 3.63) is 52.1 Å². The number of rotatable bonds is 5. The maximum atomic E-state index is 12.7. The summed E-state index contributed by atoms with van der Waals surface area (Å²) in [5.41, 5.74) is 8.88. The number of nitrogens with zero attached hydrogens (tertiary/aromatic N) is 3. The van der Waals surface area contributed by atoms with Crippen molar-refractivity contribution >= 4 is 11.8 Å². The Morgan fingerprint density at radius 2 is 1.94 bits per heavy atom. The number of amides is 2. The van der Waals surface area contributed by atoms with Crippen molar-refractivity contribution in [3.63, 3.8) is 0 Å². The van der Waals surface area contributed by atoms with Crippen LogP contribution in [0.2, 0.25) is 0 Å². The van der Waals surface area contributed by atoms with E-state index < -0.39 is 5.69 Å². The maximum absolute atomic E-state index is 12.7. The van der Waals surface area contributed by atoms with Crippen molar-refractivity contribution in [1.82, 2.24) is 25.1 Å². The largest absolute Gasteiger partial charge is 0.354 e. The van der Waals surface area contributed by atoms with Gasteiger partial charge < -0.3 is 21.3 Å². The fraction of sp³-hybridized carbons (Fsp3) is 0.522. The zero-order valence-corrected chi connectivity index (χ0v) is 18.2. The van der Waals surface area contributed by atoms with Gasteiger partial charge in [0, 0.05) is 44.5 Å². The first-order chi connectivity index (χ1) is 15.5. The van der Waals surface area contributed by atoms with Crippen LogP contribution >= 0.6 is 0 Å². The van der Waals surface area contributed by atoms with Crippen LogP contribution in [-0.2, 0) is 12.8 Å². The Labute approximate surface area is 187 Å². The SMILES string of the molecule is NC1CC(CNC2Cc3ccc(-n4ccc(NC(=O)N5CCNCC5)nc4=O)cc3C2)C1. The van der Waals surface area contributed by atoms with Crippen LogP contribution in [-0.4, -0.2) is 65.3 Å². The Morgan fingerprint density at radius 3 is 2.69 bits per heavy atom. The van der Waals surface area contributed by atoms with Gasteiger partial charge in [-0.25, -0.2) is 9.59 Å². The fourth-order valence-electron chi connectivity index (χ4n) is 4.91. The zero-order valence-electron chi connectivity index (χ0n) is 18.2. The number of hydrogen-bond donors (Lipinski definition) is 4. The maximum Gasteiger partial charge on any atom is 0.354 e. The summed E-state index contributed by atoms with van der Waals surface area (Å²) < 4.78 is 1.53. The van der Waals surface area contributed by atoms with Crippen LogP contribution in [0.25, 0.3) is 5.69 Å². The van der Waals surface area contributed by atoms with E-state index in [-0.39, 0.29) is 11.8 Å². The highest BCUT2D eigenvalue weighted by atomic mass is 16.2. The van der Waals surface area contributed by atoms with E-state index in [1.165, 1.54) is 15.7 Å². The van der Waals surface area contributed by atoms with E-state index in [1.807, 2.05) is 6.07 Å². The van der Waals surface area contributed by atoms with E-state index in [0.717, 1.165) is 51.0 Å². The molecule has 3 aliphatic rings. The Hall–Kier alpha value is -2.75. The van der Waals surface area contributed by atoms with Gasteiger partial charge >= 0.3 is 11.7 Å². The third-order valence-corrected chi connectivity index (χ3v) is 6.81. The van der Waals surface area contributed by atoms with Crippen molar-refractivity contribution in [1.29, 1.82) is 0 Å². The lowest BCUT2D eigenvalue weighted by atomic mass is 9.81. The normalized spacial score (nSPS) is 24.7. The van der Waals surface area contributed by atoms with Crippen LogP contribution < -0.4 is 27.4 Å². The minimum atomic E-state index is -0.406. The first kappa shape index (κ1) is 21.1. The van der Waals surface area contributed by atoms with Gasteiger partial charge in [0.15, 0.2) is 0 Å². The number of anilines is 1. The number of nitrogens with one attached hydrogen (secondary N) is 3. The molecule has 5 rings (SSSR count). The molecule has 9 nitrogen and oxygen atoms in total. The number of hydrogen-bond acceptors (Lipinski definition) is 6. The number of urea groups is 1. The van der Waals surface area contributed by atoms with Gasteiger partial charge in [-0.15, -0.1) is 0 Å². The smallest absolute Gasteiger partial charge is 0.328 e. The van der Waals surface area contributed by atoms with Crippen molar-refractivity contribution < 1.29 is 4.79 Å². The highest BCUT2D eigenvalue weighted by Crippen LogP contribution is 2.27. The molecule has 1 aromatic carbocycles. The molecule has 1 saturated heterocycles. The molecule has 0 bridgehead atoms. The predicted molar refractivity (Wildman–Crippen MR) is 123 cm³/mol. The molecule has 1 aromatic heterocycles. The molecule has 1 atom stereocenters. The monoisotopic (exact) mass is 437 g/mol. The van der Waals surface area contributed by atoms with Gasteiger partial charge in [0.1, 0.15) is 5.82 Å². The van der Waals surface area contributed by atoms with Gasteiger partial charge in [0.25, 0.3) is 0 Å². The molecule has 32 heavy (non-hydrogen) atoms. The van der Waals surface area contributed by atoms with Gasteiger partial charge in [0.2, 0.25) is 0 Å². The molecule has 2 fully saturated rings. The summed E-state index contributed by atoms with van der Waals surface area (Å²) in [5.74, 6) is 0.982. The van der Waals surface area contributed by atoms with Crippen molar-refractivity contribution in [2.75, 3.05) is 38.0 Å². The molecule has 2 aromatic rings. The summed E-state index contributed by atoms with van der Waals surface area (Å²) in [5, 5.41) is 9.63. The lowest BCUT2D eigenvalue weighted by Crippen LogP contribution is -2.48. The summed E-state index contributed by atoms with van der Waals surface area (Å²) in [4.78, 5) is 30.8. The lowest BCUT2D eigenvalue weighted by molar-refractivity contribution is 0.204. The number of aromatic nitrogens is 2. The number of benzene rings is 1. The van der Waals surface area contributed by atoms with Gasteiger partial charge in [-0.3, -0.25) is 9.88 Å². The van der Waals surface area contributed by atoms with Crippen LogP contribution in [0.4, 0.5) is 10.6 Å². The molecule has 1 saturated carbocycles. The van der Waals surface area contributed by atoms with Crippen LogP contribution in [0.15, 0.2) is 35.3 Å². The Morgan fingerprint density at radius 1 is 1.16 bits per heavy atom. The van der Waals surface area contributed by atoms with E-state index in [0.29, 0.717) is 31.1 Å². The molecule has 0 spiro atoms. The molecular weight excluding hydrogens is 406 g/mol. The Kier molecular flexibility index (Phi) is 5.95. The number of piperazine rings is 1. The highest BCUT2D eigenvalue weighted by Gasteiger charge is 2.28. The highest BCUT2D eigenvalue weighted by molar-refractivity contribution is 5.88. The van der Waals surface area contributed by atoms with Crippen molar-refractivity contribution in [3.8, 4) is 5.69 Å². The third-order valence-electron chi connectivity index (χ3n) is 6.81. The fourth-order valence-corrected chi connectivity index (χ4v) is 4.91. The van der Waals surface area contributed by atoms with E-state index in [1.54, 1.807) is 17.2 Å². The summed E-state index contributed by atoms with van der Waals surface area (Å²) in [7, 11) is 0. The second-order valence-electron chi connectivity index (χ2n) is 9.20. The summed E-state index contributed by atoms with van der Waals surface area (Å²) in [6, 6.07) is 8.43. The minimum Gasteiger partial charge on any atom is -0.328 e. The van der Waals surface area contributed by atoms with E-state index in [2.05, 4.69) is 33.1 Å². The average Bonchev–Trinajstić information content (AvgIpc) is 3.19. The van der Waals surface area contributed by atoms with Gasteiger partial charge in [-0.05, 0) is 67.5 Å². The molecule has 2 aliphatic carbocycles. The Balaban J connectivity index is 1.22. The second-order valence-corrected chi connectivity index (χ2v) is 9.20. The standard InChI is InChI=1S/C23H31N7O2/c24-18-9-15(10-18)14-26-19-11-16-1-2-20(13-17(16)12-19)30-6-3-21(28-23(30)32)27-22(31)29-7-4-25-5-8-29/h1-3,6,13,15,18-19,25-26H,4-5,7-12,14,24H2,(H,27,28,31,32). The molecular formula is C23H31N7O2. The number of carbonyl (C=O) groups excluding carboxylic acids is 1. The van der Waals surface area contributed by atoms with Crippen LogP contribution in [0, 0.1) is 5.92 Å². The van der Waals surface area contributed by atoms with Crippen molar-refractivity contribution in [2.45, 2.75) is 37.8 Å². The van der Waals surface area contributed by atoms with Gasteiger partial charge in [0.05, 0.1) is 5.69 Å². The topological polar surface area (TPSA) is 117 Å². The first-order valence-corrected chi connectivity index (χ1v) is 11.5. The lowest BCUT2D eigenvalue weighted by Gasteiger charge is -2.33. The van der Waals surface area contributed by atoms with Crippen LogP contribution in [0.1, 0.15) is 24.0 Å². The average molecular weight is 438 g/mol.